The van der Waals surface area contributed by atoms with Gasteiger partial charge in [0.2, 0.25) is 0 Å². The number of anilines is 1. The predicted octanol–water partition coefficient (Wildman–Crippen LogP) is 4.14. The Balaban J connectivity index is 1.88. The minimum absolute atomic E-state index is 0.0639. The summed E-state index contributed by atoms with van der Waals surface area (Å²) >= 11 is 9.32. The molecule has 0 atom stereocenters. The van der Waals surface area contributed by atoms with E-state index in [1.807, 2.05) is 0 Å². The maximum Gasteiger partial charge on any atom is 0.344 e. The van der Waals surface area contributed by atoms with Crippen molar-refractivity contribution in [2.24, 2.45) is 0 Å². The number of nitrogens with one attached hydrogen (secondary N) is 1. The van der Waals surface area contributed by atoms with E-state index in [2.05, 4.69) is 21.2 Å². The Morgan fingerprint density at radius 1 is 1.24 bits per heavy atom. The maximum atomic E-state index is 12.8. The molecule has 3 amide bonds. The lowest BCUT2D eigenvalue weighted by Crippen LogP contribution is -2.30. The molecule has 1 heterocycles. The number of halogens is 2. The summed E-state index contributed by atoms with van der Waals surface area (Å²) < 4.78 is 11.1. The van der Waals surface area contributed by atoms with Crippen molar-refractivity contribution in [1.82, 2.24) is 5.32 Å². The summed E-state index contributed by atoms with van der Waals surface area (Å²) in [4.78, 5) is 37.7. The first-order chi connectivity index (χ1) is 13.9. The molecule has 0 aliphatic carbocycles. The lowest BCUT2D eigenvalue weighted by atomic mass is 10.1. The van der Waals surface area contributed by atoms with E-state index in [-0.39, 0.29) is 18.9 Å². The van der Waals surface area contributed by atoms with Gasteiger partial charge in [0.25, 0.3) is 5.91 Å². The Kier molecular flexibility index (Phi) is 6.56. The van der Waals surface area contributed by atoms with Gasteiger partial charge < -0.3 is 14.8 Å². The van der Waals surface area contributed by atoms with Gasteiger partial charge in [0.15, 0.2) is 6.61 Å². The average molecular weight is 480 g/mol. The van der Waals surface area contributed by atoms with E-state index in [1.54, 1.807) is 43.3 Å². The van der Waals surface area contributed by atoms with Gasteiger partial charge in [-0.15, -0.1) is 0 Å². The number of amides is 3. The Labute approximate surface area is 180 Å². The molecule has 0 spiro atoms. The fraction of sp³-hybridized carbons (Fsp3) is 0.150. The second-order valence-corrected chi connectivity index (χ2v) is 7.24. The average Bonchev–Trinajstić information content (AvgIpc) is 2.94. The highest BCUT2D eigenvalue weighted by atomic mass is 79.9. The van der Waals surface area contributed by atoms with Crippen LogP contribution in [0.25, 0.3) is 6.08 Å². The van der Waals surface area contributed by atoms with Crippen molar-refractivity contribution >= 4 is 57.2 Å². The topological polar surface area (TPSA) is 84.9 Å². The first-order valence-corrected chi connectivity index (χ1v) is 9.77. The molecule has 1 fully saturated rings. The molecule has 29 heavy (non-hydrogen) atoms. The molecule has 7 nitrogen and oxygen atoms in total. The van der Waals surface area contributed by atoms with Crippen LogP contribution >= 0.6 is 27.5 Å². The molecule has 1 saturated heterocycles. The molecule has 1 N–H and O–H groups in total. The summed E-state index contributed by atoms with van der Waals surface area (Å²) in [5.74, 6) is -0.683. The molecule has 0 unspecified atom stereocenters. The van der Waals surface area contributed by atoms with Gasteiger partial charge in [-0.2, -0.15) is 0 Å². The van der Waals surface area contributed by atoms with Crippen LogP contribution < -0.4 is 15.0 Å². The number of hydrogen-bond donors (Lipinski definition) is 1. The normalized spacial score (nSPS) is 14.9. The summed E-state index contributed by atoms with van der Waals surface area (Å²) in [7, 11) is 0. The number of ether oxygens (including phenoxy) is 2. The highest BCUT2D eigenvalue weighted by molar-refractivity contribution is 9.10. The van der Waals surface area contributed by atoms with Crippen molar-refractivity contribution in [3.63, 3.8) is 0 Å². The quantitative estimate of drug-likeness (QED) is 0.382. The summed E-state index contributed by atoms with van der Waals surface area (Å²) in [5, 5.41) is 2.95. The number of urea groups is 1. The zero-order valence-corrected chi connectivity index (χ0v) is 17.6. The van der Waals surface area contributed by atoms with Crippen molar-refractivity contribution in [2.45, 2.75) is 6.92 Å². The van der Waals surface area contributed by atoms with Crippen LogP contribution in [-0.2, 0) is 14.3 Å². The standard InChI is InChI=1S/C20H16BrClN2O5/c1-2-28-18(25)11-29-17-7-6-13(21)8-12(17)9-16-19(26)24(20(27)23-16)15-5-3-4-14(22)10-15/h3-10H,2,11H2,1H3,(H,23,27)/b16-9+. The Morgan fingerprint density at radius 3 is 2.76 bits per heavy atom. The van der Waals surface area contributed by atoms with Crippen LogP contribution in [-0.4, -0.2) is 31.1 Å². The van der Waals surface area contributed by atoms with E-state index < -0.39 is 17.9 Å². The lowest BCUT2D eigenvalue weighted by Gasteiger charge is -2.12. The minimum atomic E-state index is -0.590. The fourth-order valence-corrected chi connectivity index (χ4v) is 3.21. The zero-order valence-electron chi connectivity index (χ0n) is 15.3. The van der Waals surface area contributed by atoms with Crippen LogP contribution in [0.1, 0.15) is 12.5 Å². The Hall–Kier alpha value is -2.84. The zero-order chi connectivity index (χ0) is 21.0. The summed E-state index contributed by atoms with van der Waals surface area (Å²) in [6, 6.07) is 10.9. The third-order valence-electron chi connectivity index (χ3n) is 3.87. The second kappa shape index (κ2) is 9.11. The molecular weight excluding hydrogens is 464 g/mol. The molecule has 2 aromatic carbocycles. The number of benzene rings is 2. The van der Waals surface area contributed by atoms with Crippen LogP contribution in [0.4, 0.5) is 10.5 Å². The first kappa shape index (κ1) is 20.9. The first-order valence-electron chi connectivity index (χ1n) is 8.59. The molecule has 2 aromatic rings. The van der Waals surface area contributed by atoms with Crippen LogP contribution in [0.2, 0.25) is 5.02 Å². The van der Waals surface area contributed by atoms with Crippen LogP contribution in [0.5, 0.6) is 5.75 Å². The molecule has 0 saturated carbocycles. The monoisotopic (exact) mass is 478 g/mol. The second-order valence-electron chi connectivity index (χ2n) is 5.88. The van der Waals surface area contributed by atoms with Gasteiger partial charge in [-0.1, -0.05) is 33.6 Å². The largest absolute Gasteiger partial charge is 0.481 e. The fourth-order valence-electron chi connectivity index (χ4n) is 2.64. The van der Waals surface area contributed by atoms with Crippen LogP contribution in [0.3, 0.4) is 0 Å². The van der Waals surface area contributed by atoms with E-state index in [0.29, 0.717) is 22.0 Å². The van der Waals surface area contributed by atoms with Crippen molar-refractivity contribution in [3.05, 3.63) is 63.2 Å². The maximum absolute atomic E-state index is 12.8. The smallest absolute Gasteiger partial charge is 0.344 e. The van der Waals surface area contributed by atoms with Crippen molar-refractivity contribution < 1.29 is 23.9 Å². The van der Waals surface area contributed by atoms with Crippen molar-refractivity contribution in [2.75, 3.05) is 18.1 Å². The van der Waals surface area contributed by atoms with Crippen molar-refractivity contribution in [1.29, 1.82) is 0 Å². The molecule has 0 bridgehead atoms. The van der Waals surface area contributed by atoms with E-state index in [1.165, 1.54) is 12.1 Å². The number of hydrogen-bond acceptors (Lipinski definition) is 5. The van der Waals surface area contributed by atoms with Gasteiger partial charge in [0.05, 0.1) is 12.3 Å². The lowest BCUT2D eigenvalue weighted by molar-refractivity contribution is -0.145. The van der Waals surface area contributed by atoms with E-state index >= 15 is 0 Å². The van der Waals surface area contributed by atoms with Crippen LogP contribution in [0.15, 0.2) is 52.6 Å². The van der Waals surface area contributed by atoms with E-state index in [0.717, 1.165) is 9.37 Å². The number of rotatable bonds is 6. The van der Waals surface area contributed by atoms with Gasteiger partial charge in [-0.25, -0.2) is 14.5 Å². The summed E-state index contributed by atoms with van der Waals surface area (Å²) in [6.07, 6.45) is 1.48. The molecule has 9 heteroatoms. The van der Waals surface area contributed by atoms with Gasteiger partial charge in [0.1, 0.15) is 11.4 Å². The highest BCUT2D eigenvalue weighted by Gasteiger charge is 2.35. The molecule has 1 aliphatic rings. The van der Waals surface area contributed by atoms with Gasteiger partial charge in [-0.3, -0.25) is 4.79 Å². The summed E-state index contributed by atoms with van der Waals surface area (Å²) in [6.45, 7) is 1.67. The number of imide groups is 1. The third kappa shape index (κ3) is 4.96. The molecule has 1 aliphatic heterocycles. The van der Waals surface area contributed by atoms with Crippen molar-refractivity contribution in [3.8, 4) is 5.75 Å². The van der Waals surface area contributed by atoms with Gasteiger partial charge in [-0.05, 0) is 49.4 Å². The van der Waals surface area contributed by atoms with Gasteiger partial charge >= 0.3 is 12.0 Å². The summed E-state index contributed by atoms with van der Waals surface area (Å²) in [5.41, 5.74) is 0.922. The minimum Gasteiger partial charge on any atom is -0.481 e. The Bertz CT molecular complexity index is 1010. The SMILES string of the molecule is CCOC(=O)COc1ccc(Br)cc1/C=C1/NC(=O)N(c2cccc(Cl)c2)C1=O. The van der Waals surface area contributed by atoms with Gasteiger partial charge in [0, 0.05) is 15.1 Å². The molecule has 3 rings (SSSR count). The number of esters is 1. The molecular formula is C20H16BrClN2O5. The molecule has 150 valence electrons. The molecule has 0 radical (unpaired) electrons. The number of nitrogens with zero attached hydrogens (tertiary/aromatic N) is 1. The predicted molar refractivity (Wildman–Crippen MR) is 112 cm³/mol. The van der Waals surface area contributed by atoms with Crippen LogP contribution in [0, 0.1) is 0 Å². The molecule has 0 aromatic heterocycles. The highest BCUT2D eigenvalue weighted by Crippen LogP contribution is 2.29. The van der Waals surface area contributed by atoms with E-state index in [9.17, 15) is 14.4 Å². The third-order valence-corrected chi connectivity index (χ3v) is 4.60. The van der Waals surface area contributed by atoms with E-state index in [4.69, 9.17) is 21.1 Å². The Morgan fingerprint density at radius 2 is 2.03 bits per heavy atom. The number of carbonyl (C=O) groups excluding carboxylic acids is 3. The number of carbonyl (C=O) groups is 3.